The Bertz CT molecular complexity index is 679. The smallest absolute Gasteiger partial charge is 0.263 e. The van der Waals surface area contributed by atoms with Crippen LogP contribution in [0.1, 0.15) is 16.7 Å². The summed E-state index contributed by atoms with van der Waals surface area (Å²) in [7, 11) is -3.68. The van der Waals surface area contributed by atoms with Crippen molar-refractivity contribution in [1.29, 1.82) is 0 Å². The quantitative estimate of drug-likeness (QED) is 0.905. The molecule has 102 valence electrons. The minimum Gasteiger partial charge on any atom is -0.392 e. The number of hydrogen-bond donors (Lipinski definition) is 2. The summed E-state index contributed by atoms with van der Waals surface area (Å²) in [6.45, 7) is 3.37. The molecule has 0 saturated heterocycles. The Hall–Kier alpha value is -1.44. The Kier molecular flexibility index (Phi) is 3.88. The van der Waals surface area contributed by atoms with E-state index in [0.29, 0.717) is 16.3 Å². The third kappa shape index (κ3) is 2.94. The molecular formula is C12H14N2O3S2. The van der Waals surface area contributed by atoms with E-state index < -0.39 is 10.0 Å². The van der Waals surface area contributed by atoms with Crippen LogP contribution in [-0.4, -0.2) is 18.5 Å². The highest BCUT2D eigenvalue weighted by atomic mass is 32.2. The number of sulfonamides is 1. The molecule has 0 unspecified atom stereocenters. The Balaban J connectivity index is 2.45. The van der Waals surface area contributed by atoms with Crippen LogP contribution in [0.4, 0.5) is 5.13 Å². The van der Waals surface area contributed by atoms with Gasteiger partial charge >= 0.3 is 0 Å². The van der Waals surface area contributed by atoms with E-state index in [0.717, 1.165) is 5.56 Å². The summed E-state index contributed by atoms with van der Waals surface area (Å²) in [5, 5.41) is 11.2. The summed E-state index contributed by atoms with van der Waals surface area (Å²) in [6, 6.07) is 3.25. The fourth-order valence-corrected chi connectivity index (χ4v) is 3.84. The molecule has 19 heavy (non-hydrogen) atoms. The summed E-state index contributed by atoms with van der Waals surface area (Å²) in [6.07, 6.45) is 1.53. The van der Waals surface area contributed by atoms with Crippen molar-refractivity contribution in [3.05, 3.63) is 40.4 Å². The lowest BCUT2D eigenvalue weighted by Crippen LogP contribution is -2.15. The molecule has 0 spiro atoms. The first-order valence-electron chi connectivity index (χ1n) is 5.57. The van der Waals surface area contributed by atoms with Crippen LogP contribution in [0, 0.1) is 13.8 Å². The number of aliphatic hydroxyl groups is 1. The van der Waals surface area contributed by atoms with E-state index in [2.05, 4.69) is 9.71 Å². The van der Waals surface area contributed by atoms with Crippen LogP contribution in [0.3, 0.4) is 0 Å². The van der Waals surface area contributed by atoms with E-state index in [-0.39, 0.29) is 11.5 Å². The van der Waals surface area contributed by atoms with Gasteiger partial charge in [0, 0.05) is 11.6 Å². The molecule has 7 heteroatoms. The van der Waals surface area contributed by atoms with Gasteiger partial charge in [0.1, 0.15) is 0 Å². The summed E-state index contributed by atoms with van der Waals surface area (Å²) >= 11 is 1.21. The Morgan fingerprint density at radius 1 is 1.32 bits per heavy atom. The number of thiazole rings is 1. The Morgan fingerprint density at radius 2 is 2.05 bits per heavy atom. The third-order valence-corrected chi connectivity index (χ3v) is 5.05. The van der Waals surface area contributed by atoms with Crippen LogP contribution in [0.25, 0.3) is 0 Å². The van der Waals surface area contributed by atoms with Crippen LogP contribution in [-0.2, 0) is 16.6 Å². The summed E-state index contributed by atoms with van der Waals surface area (Å²) < 4.78 is 27.0. The minimum atomic E-state index is -3.68. The number of aromatic nitrogens is 1. The van der Waals surface area contributed by atoms with E-state index in [1.165, 1.54) is 23.6 Å². The van der Waals surface area contributed by atoms with Crippen LogP contribution in [0.15, 0.2) is 28.6 Å². The number of nitrogens with one attached hydrogen (secondary N) is 1. The van der Waals surface area contributed by atoms with Gasteiger partial charge in [-0.1, -0.05) is 6.07 Å². The summed E-state index contributed by atoms with van der Waals surface area (Å²) in [4.78, 5) is 4.06. The Morgan fingerprint density at radius 3 is 2.63 bits per heavy atom. The molecule has 0 saturated carbocycles. The predicted octanol–water partition coefficient (Wildman–Crippen LogP) is 2.05. The van der Waals surface area contributed by atoms with E-state index in [1.54, 1.807) is 18.4 Å². The molecule has 1 heterocycles. The van der Waals surface area contributed by atoms with Crippen LogP contribution in [0.5, 0.6) is 0 Å². The van der Waals surface area contributed by atoms with Gasteiger partial charge in [-0.15, -0.1) is 11.3 Å². The molecule has 0 fully saturated rings. The van der Waals surface area contributed by atoms with Gasteiger partial charge in [0.15, 0.2) is 5.13 Å². The zero-order chi connectivity index (χ0) is 14.0. The van der Waals surface area contributed by atoms with Crippen molar-refractivity contribution < 1.29 is 13.5 Å². The predicted molar refractivity (Wildman–Crippen MR) is 74.8 cm³/mol. The molecule has 0 aliphatic carbocycles. The lowest BCUT2D eigenvalue weighted by molar-refractivity contribution is 0.280. The molecule has 0 atom stereocenters. The fraction of sp³-hybridized carbons (Fsp3) is 0.250. The fourth-order valence-electron chi connectivity index (χ4n) is 1.78. The standard InChI is InChI=1S/C12H14N2O3S2/c1-8-5-9(2)11(6-10(8)7-15)19(16,17)14-12-13-3-4-18-12/h3-6,15H,7H2,1-2H3,(H,13,14). The maximum atomic E-state index is 12.3. The number of aliphatic hydroxyl groups excluding tert-OH is 1. The number of rotatable bonds is 4. The zero-order valence-electron chi connectivity index (χ0n) is 10.5. The van der Waals surface area contributed by atoms with Crippen molar-refractivity contribution in [2.75, 3.05) is 4.72 Å². The Labute approximate surface area is 116 Å². The van der Waals surface area contributed by atoms with Gasteiger partial charge in [-0.3, -0.25) is 4.72 Å². The second kappa shape index (κ2) is 5.28. The molecule has 5 nitrogen and oxygen atoms in total. The second-order valence-corrected chi connectivity index (χ2v) is 6.69. The molecule has 0 aliphatic heterocycles. The second-order valence-electron chi connectivity index (χ2n) is 4.15. The van der Waals surface area contributed by atoms with Crippen molar-refractivity contribution in [2.24, 2.45) is 0 Å². The number of benzene rings is 1. The zero-order valence-corrected chi connectivity index (χ0v) is 12.2. The van der Waals surface area contributed by atoms with Gasteiger partial charge in [0.25, 0.3) is 10.0 Å². The molecule has 2 rings (SSSR count). The van der Waals surface area contributed by atoms with Gasteiger partial charge in [0.05, 0.1) is 11.5 Å². The van der Waals surface area contributed by atoms with Crippen LogP contribution >= 0.6 is 11.3 Å². The van der Waals surface area contributed by atoms with E-state index in [1.807, 2.05) is 6.92 Å². The summed E-state index contributed by atoms with van der Waals surface area (Å²) in [5.41, 5.74) is 2.11. The minimum absolute atomic E-state index is 0.164. The highest BCUT2D eigenvalue weighted by molar-refractivity contribution is 7.93. The van der Waals surface area contributed by atoms with Crippen LogP contribution in [0.2, 0.25) is 0 Å². The average molecular weight is 298 g/mol. The van der Waals surface area contributed by atoms with Crippen molar-refractivity contribution in [3.8, 4) is 0 Å². The van der Waals surface area contributed by atoms with Crippen molar-refractivity contribution in [2.45, 2.75) is 25.3 Å². The molecule has 0 amide bonds. The van der Waals surface area contributed by atoms with Gasteiger partial charge in [-0.2, -0.15) is 0 Å². The van der Waals surface area contributed by atoms with Gasteiger partial charge in [-0.25, -0.2) is 13.4 Å². The third-order valence-electron chi connectivity index (χ3n) is 2.75. The molecule has 0 bridgehead atoms. The van der Waals surface area contributed by atoms with Crippen LogP contribution < -0.4 is 4.72 Å². The van der Waals surface area contributed by atoms with Crippen molar-refractivity contribution in [1.82, 2.24) is 4.98 Å². The SMILES string of the molecule is Cc1cc(C)c(S(=O)(=O)Nc2nccs2)cc1CO. The first-order chi connectivity index (χ1) is 8.94. The lowest BCUT2D eigenvalue weighted by atomic mass is 10.1. The molecule has 0 aliphatic rings. The largest absolute Gasteiger partial charge is 0.392 e. The number of nitrogens with zero attached hydrogens (tertiary/aromatic N) is 1. The van der Waals surface area contributed by atoms with Crippen molar-refractivity contribution >= 4 is 26.5 Å². The summed E-state index contributed by atoms with van der Waals surface area (Å²) in [5.74, 6) is 0. The van der Waals surface area contributed by atoms with Gasteiger partial charge in [-0.05, 0) is 36.6 Å². The number of aryl methyl sites for hydroxylation is 2. The first kappa shape index (κ1) is 14.0. The molecule has 1 aromatic carbocycles. The van der Waals surface area contributed by atoms with E-state index >= 15 is 0 Å². The first-order valence-corrected chi connectivity index (χ1v) is 7.93. The maximum Gasteiger partial charge on any atom is 0.263 e. The normalized spacial score (nSPS) is 11.5. The van der Waals surface area contributed by atoms with E-state index in [4.69, 9.17) is 0 Å². The highest BCUT2D eigenvalue weighted by Crippen LogP contribution is 2.23. The topological polar surface area (TPSA) is 79.3 Å². The highest BCUT2D eigenvalue weighted by Gasteiger charge is 2.19. The lowest BCUT2D eigenvalue weighted by Gasteiger charge is -2.11. The van der Waals surface area contributed by atoms with E-state index in [9.17, 15) is 13.5 Å². The number of hydrogen-bond acceptors (Lipinski definition) is 5. The van der Waals surface area contributed by atoms with Gasteiger partial charge < -0.3 is 5.11 Å². The average Bonchev–Trinajstić information content (AvgIpc) is 2.80. The molecule has 1 aromatic heterocycles. The molecule has 2 N–H and O–H groups in total. The molecule has 0 radical (unpaired) electrons. The number of anilines is 1. The monoisotopic (exact) mass is 298 g/mol. The molecular weight excluding hydrogens is 284 g/mol. The van der Waals surface area contributed by atoms with Gasteiger partial charge in [0.2, 0.25) is 0 Å². The van der Waals surface area contributed by atoms with Crippen molar-refractivity contribution in [3.63, 3.8) is 0 Å². The maximum absolute atomic E-state index is 12.3. The molecule has 2 aromatic rings.